The van der Waals surface area contributed by atoms with Crippen molar-refractivity contribution in [1.29, 1.82) is 0 Å². The molecule has 0 bridgehead atoms. The first-order valence-corrected chi connectivity index (χ1v) is 7.53. The Kier molecular flexibility index (Phi) is 5.26. The first kappa shape index (κ1) is 15.9. The third-order valence-corrected chi connectivity index (χ3v) is 3.75. The topological polar surface area (TPSA) is 29.5 Å². The summed E-state index contributed by atoms with van der Waals surface area (Å²) in [7, 11) is 3.47. The Bertz CT molecular complexity index is 641. The van der Waals surface area contributed by atoms with Crippen molar-refractivity contribution in [3.63, 3.8) is 0 Å². The Balaban J connectivity index is 2.02. The lowest BCUT2D eigenvalue weighted by Crippen LogP contribution is -2.21. The van der Waals surface area contributed by atoms with Gasteiger partial charge in [0.1, 0.15) is 12.4 Å². The predicted octanol–water partition coefficient (Wildman–Crippen LogP) is 4.38. The molecular formula is C16H15BrClNO2. The predicted molar refractivity (Wildman–Crippen MR) is 87.9 cm³/mol. The molecule has 2 rings (SSSR count). The Hall–Kier alpha value is -1.52. The highest BCUT2D eigenvalue weighted by Gasteiger charge is 2.07. The molecule has 0 aliphatic carbocycles. The van der Waals surface area contributed by atoms with Crippen LogP contribution >= 0.6 is 27.5 Å². The molecule has 1 amide bonds. The standard InChI is InChI=1S/C16H15BrClNO2/c1-19(2)16(20)12-5-3-11(4-6-12)10-21-15-8-7-13(18)9-14(15)17/h3-9H,10H2,1-2H3. The molecule has 0 saturated heterocycles. The summed E-state index contributed by atoms with van der Waals surface area (Å²) in [6.07, 6.45) is 0. The van der Waals surface area contributed by atoms with E-state index < -0.39 is 0 Å². The van der Waals surface area contributed by atoms with Gasteiger partial charge < -0.3 is 9.64 Å². The molecule has 21 heavy (non-hydrogen) atoms. The second-order valence-electron chi connectivity index (χ2n) is 4.76. The van der Waals surface area contributed by atoms with Gasteiger partial charge in [-0.05, 0) is 51.8 Å². The number of halogens is 2. The second-order valence-corrected chi connectivity index (χ2v) is 6.05. The fraction of sp³-hybridized carbons (Fsp3) is 0.188. The van der Waals surface area contributed by atoms with Gasteiger partial charge >= 0.3 is 0 Å². The molecule has 5 heteroatoms. The van der Waals surface area contributed by atoms with Gasteiger partial charge in [-0.25, -0.2) is 0 Å². The molecular weight excluding hydrogens is 354 g/mol. The number of rotatable bonds is 4. The van der Waals surface area contributed by atoms with Crippen molar-refractivity contribution < 1.29 is 9.53 Å². The summed E-state index contributed by atoms with van der Waals surface area (Å²) >= 11 is 9.29. The normalized spacial score (nSPS) is 10.3. The van der Waals surface area contributed by atoms with Gasteiger partial charge in [0, 0.05) is 24.7 Å². The van der Waals surface area contributed by atoms with E-state index in [1.807, 2.05) is 18.2 Å². The minimum atomic E-state index is -0.0112. The highest BCUT2D eigenvalue weighted by molar-refractivity contribution is 9.10. The number of amides is 1. The van der Waals surface area contributed by atoms with E-state index >= 15 is 0 Å². The first-order chi connectivity index (χ1) is 9.97. The van der Waals surface area contributed by atoms with Crippen molar-refractivity contribution in [2.24, 2.45) is 0 Å². The molecule has 0 aliphatic rings. The lowest BCUT2D eigenvalue weighted by molar-refractivity contribution is 0.0827. The van der Waals surface area contributed by atoms with Gasteiger partial charge in [-0.3, -0.25) is 4.79 Å². The number of carbonyl (C=O) groups excluding carboxylic acids is 1. The van der Waals surface area contributed by atoms with E-state index in [1.54, 1.807) is 43.3 Å². The molecule has 0 aliphatic heterocycles. The molecule has 0 N–H and O–H groups in total. The van der Waals surface area contributed by atoms with Gasteiger partial charge in [-0.1, -0.05) is 23.7 Å². The largest absolute Gasteiger partial charge is 0.488 e. The van der Waals surface area contributed by atoms with Crippen LogP contribution < -0.4 is 4.74 Å². The summed E-state index contributed by atoms with van der Waals surface area (Å²) in [5.41, 5.74) is 1.66. The summed E-state index contributed by atoms with van der Waals surface area (Å²) in [6, 6.07) is 12.8. The minimum Gasteiger partial charge on any atom is -0.488 e. The summed E-state index contributed by atoms with van der Waals surface area (Å²) < 4.78 is 6.54. The monoisotopic (exact) mass is 367 g/mol. The number of hydrogen-bond acceptors (Lipinski definition) is 2. The Labute approximate surface area is 137 Å². The first-order valence-electron chi connectivity index (χ1n) is 6.36. The molecule has 0 radical (unpaired) electrons. The molecule has 0 fully saturated rings. The number of nitrogens with zero attached hydrogens (tertiary/aromatic N) is 1. The molecule has 2 aromatic rings. The van der Waals surface area contributed by atoms with Crippen molar-refractivity contribution >= 4 is 33.4 Å². The molecule has 0 saturated carbocycles. The van der Waals surface area contributed by atoms with Crippen LogP contribution in [0.4, 0.5) is 0 Å². The number of benzene rings is 2. The Morgan fingerprint density at radius 1 is 1.19 bits per heavy atom. The van der Waals surface area contributed by atoms with Gasteiger partial charge in [0.15, 0.2) is 0 Å². The molecule has 0 unspecified atom stereocenters. The maximum Gasteiger partial charge on any atom is 0.253 e. The zero-order valence-electron chi connectivity index (χ0n) is 11.8. The highest BCUT2D eigenvalue weighted by Crippen LogP contribution is 2.28. The van der Waals surface area contributed by atoms with Crippen LogP contribution in [0.2, 0.25) is 5.02 Å². The van der Waals surface area contributed by atoms with Gasteiger partial charge in [0.25, 0.3) is 5.91 Å². The maximum absolute atomic E-state index is 11.8. The van der Waals surface area contributed by atoms with Gasteiger partial charge in [0.2, 0.25) is 0 Å². The van der Waals surface area contributed by atoms with E-state index in [0.717, 1.165) is 15.8 Å². The number of hydrogen-bond donors (Lipinski definition) is 0. The molecule has 0 atom stereocenters. The number of carbonyl (C=O) groups is 1. The third-order valence-electron chi connectivity index (χ3n) is 2.90. The van der Waals surface area contributed by atoms with E-state index in [4.69, 9.17) is 16.3 Å². The maximum atomic E-state index is 11.8. The van der Waals surface area contributed by atoms with Crippen molar-refractivity contribution in [2.75, 3.05) is 14.1 Å². The van der Waals surface area contributed by atoms with Gasteiger partial charge in [0.05, 0.1) is 4.47 Å². The fourth-order valence-corrected chi connectivity index (χ4v) is 2.55. The van der Waals surface area contributed by atoms with E-state index in [2.05, 4.69) is 15.9 Å². The molecule has 0 spiro atoms. The fourth-order valence-electron chi connectivity index (χ4n) is 1.76. The zero-order chi connectivity index (χ0) is 15.4. The lowest BCUT2D eigenvalue weighted by Gasteiger charge is -2.11. The van der Waals surface area contributed by atoms with Gasteiger partial charge in [-0.15, -0.1) is 0 Å². The average Bonchev–Trinajstić information content (AvgIpc) is 2.46. The van der Waals surface area contributed by atoms with Crippen LogP contribution in [0.15, 0.2) is 46.9 Å². The minimum absolute atomic E-state index is 0.0112. The molecule has 3 nitrogen and oxygen atoms in total. The van der Waals surface area contributed by atoms with Crippen LogP contribution in [-0.4, -0.2) is 24.9 Å². The van der Waals surface area contributed by atoms with Crippen LogP contribution in [0.1, 0.15) is 15.9 Å². The summed E-state index contributed by atoms with van der Waals surface area (Å²) in [4.78, 5) is 13.3. The zero-order valence-corrected chi connectivity index (χ0v) is 14.1. The lowest BCUT2D eigenvalue weighted by atomic mass is 10.1. The second kappa shape index (κ2) is 6.96. The third kappa shape index (κ3) is 4.22. The smallest absolute Gasteiger partial charge is 0.253 e. The van der Waals surface area contributed by atoms with Crippen LogP contribution in [0.25, 0.3) is 0 Å². The molecule has 0 aromatic heterocycles. The van der Waals surface area contributed by atoms with Crippen molar-refractivity contribution in [2.45, 2.75) is 6.61 Å². The van der Waals surface area contributed by atoms with E-state index in [-0.39, 0.29) is 5.91 Å². The average molecular weight is 369 g/mol. The quantitative estimate of drug-likeness (QED) is 0.801. The van der Waals surface area contributed by atoms with Crippen molar-refractivity contribution in [1.82, 2.24) is 4.90 Å². The number of ether oxygens (including phenoxy) is 1. The van der Waals surface area contributed by atoms with Crippen molar-refractivity contribution in [3.05, 3.63) is 63.1 Å². The highest BCUT2D eigenvalue weighted by atomic mass is 79.9. The van der Waals surface area contributed by atoms with Crippen LogP contribution in [0.3, 0.4) is 0 Å². The van der Waals surface area contributed by atoms with Crippen molar-refractivity contribution in [3.8, 4) is 5.75 Å². The van der Waals surface area contributed by atoms with Crippen LogP contribution in [-0.2, 0) is 6.61 Å². The molecule has 110 valence electrons. The van der Waals surface area contributed by atoms with E-state index in [1.165, 1.54) is 0 Å². The molecule has 0 heterocycles. The summed E-state index contributed by atoms with van der Waals surface area (Å²) in [5, 5.41) is 0.653. The Morgan fingerprint density at radius 3 is 2.43 bits per heavy atom. The molecule has 2 aromatic carbocycles. The van der Waals surface area contributed by atoms with Crippen LogP contribution in [0, 0.1) is 0 Å². The van der Waals surface area contributed by atoms with Crippen LogP contribution in [0.5, 0.6) is 5.75 Å². The SMILES string of the molecule is CN(C)C(=O)c1ccc(COc2ccc(Cl)cc2Br)cc1. The van der Waals surface area contributed by atoms with E-state index in [9.17, 15) is 4.79 Å². The summed E-state index contributed by atoms with van der Waals surface area (Å²) in [5.74, 6) is 0.718. The van der Waals surface area contributed by atoms with Gasteiger partial charge in [-0.2, -0.15) is 0 Å². The summed E-state index contributed by atoms with van der Waals surface area (Å²) in [6.45, 7) is 0.427. The van der Waals surface area contributed by atoms with E-state index in [0.29, 0.717) is 17.2 Å². The Morgan fingerprint density at radius 2 is 1.86 bits per heavy atom.